The molecule has 0 radical (unpaired) electrons. The van der Waals surface area contributed by atoms with Gasteiger partial charge in [0.15, 0.2) is 0 Å². The van der Waals surface area contributed by atoms with Gasteiger partial charge in [0.1, 0.15) is 0 Å². The summed E-state index contributed by atoms with van der Waals surface area (Å²) >= 11 is 11.4. The van der Waals surface area contributed by atoms with Crippen molar-refractivity contribution in [1.82, 2.24) is 0 Å². The van der Waals surface area contributed by atoms with Gasteiger partial charge >= 0.3 is 0 Å². The molecule has 1 aliphatic carbocycles. The third-order valence-corrected chi connectivity index (χ3v) is 1.85. The Kier molecular flexibility index (Phi) is 2.38. The molecule has 0 aromatic carbocycles. The third kappa shape index (κ3) is 1.88. The number of hydrogen-bond donors (Lipinski definition) is 0. The highest BCUT2D eigenvalue weighted by Crippen LogP contribution is 2.20. The van der Waals surface area contributed by atoms with E-state index < -0.39 is 0 Å². The van der Waals surface area contributed by atoms with Gasteiger partial charge in [-0.1, -0.05) is 41.4 Å². The molecule has 0 unspecified atom stereocenters. The van der Waals surface area contributed by atoms with E-state index in [1.807, 2.05) is 18.2 Å². The quantitative estimate of drug-likeness (QED) is 0.511. The van der Waals surface area contributed by atoms with Crippen LogP contribution in [0.3, 0.4) is 0 Å². The van der Waals surface area contributed by atoms with Gasteiger partial charge in [0.05, 0.1) is 5.03 Å². The molecule has 9 heavy (non-hydrogen) atoms. The van der Waals surface area contributed by atoms with Gasteiger partial charge in [-0.05, 0) is 6.08 Å². The van der Waals surface area contributed by atoms with Crippen molar-refractivity contribution in [3.8, 4) is 0 Å². The smallest absolute Gasteiger partial charge is 0.0554 e. The van der Waals surface area contributed by atoms with E-state index in [1.54, 1.807) is 6.08 Å². The van der Waals surface area contributed by atoms with Crippen LogP contribution in [-0.2, 0) is 0 Å². The Morgan fingerprint density at radius 3 is 2.78 bits per heavy atom. The highest BCUT2D eigenvalue weighted by molar-refractivity contribution is 6.40. The van der Waals surface area contributed by atoms with Gasteiger partial charge in [-0.3, -0.25) is 0 Å². The molecule has 2 heteroatoms. The third-order valence-electron chi connectivity index (χ3n) is 1.05. The maximum absolute atomic E-state index is 5.72. The minimum absolute atomic E-state index is 0.640. The lowest BCUT2D eigenvalue weighted by Crippen LogP contribution is -1.69. The molecule has 0 heterocycles. The second-order valence-electron chi connectivity index (χ2n) is 1.74. The van der Waals surface area contributed by atoms with Gasteiger partial charge in [0, 0.05) is 11.5 Å². The molecule has 0 nitrogen and oxygen atoms in total. The van der Waals surface area contributed by atoms with Gasteiger partial charge in [-0.2, -0.15) is 0 Å². The van der Waals surface area contributed by atoms with Crippen molar-refractivity contribution in [3.05, 3.63) is 34.4 Å². The second-order valence-corrected chi connectivity index (χ2v) is 2.61. The molecule has 0 fully saturated rings. The molecule has 0 bridgehead atoms. The lowest BCUT2D eigenvalue weighted by molar-refractivity contribution is 1.35. The first-order valence-corrected chi connectivity index (χ1v) is 3.43. The van der Waals surface area contributed by atoms with E-state index >= 15 is 0 Å². The number of hydrogen-bond acceptors (Lipinski definition) is 0. The zero-order chi connectivity index (χ0) is 6.69. The Hall–Kier alpha value is -0.200. The van der Waals surface area contributed by atoms with Gasteiger partial charge in [-0.15, -0.1) is 0 Å². The topological polar surface area (TPSA) is 0 Å². The van der Waals surface area contributed by atoms with Crippen molar-refractivity contribution in [2.24, 2.45) is 0 Å². The van der Waals surface area contributed by atoms with E-state index in [0.29, 0.717) is 10.1 Å². The van der Waals surface area contributed by atoms with Crippen molar-refractivity contribution in [1.29, 1.82) is 0 Å². The highest BCUT2D eigenvalue weighted by atomic mass is 35.5. The van der Waals surface area contributed by atoms with Crippen LogP contribution in [-0.4, -0.2) is 0 Å². The van der Waals surface area contributed by atoms with Crippen molar-refractivity contribution in [2.45, 2.75) is 6.42 Å². The van der Waals surface area contributed by atoms with E-state index in [2.05, 4.69) is 0 Å². The van der Waals surface area contributed by atoms with Crippen LogP contribution in [0.2, 0.25) is 0 Å². The molecular weight excluding hydrogens is 155 g/mol. The molecule has 0 aliphatic heterocycles. The lowest BCUT2D eigenvalue weighted by atomic mass is 10.4. The monoisotopic (exact) mass is 160 g/mol. The molecule has 1 rings (SSSR count). The van der Waals surface area contributed by atoms with Crippen molar-refractivity contribution in [3.63, 3.8) is 0 Å². The minimum atomic E-state index is 0.640. The SMILES string of the molecule is ClC1=C(Cl)CC=CC=C1. The fraction of sp³-hybridized carbons (Fsp3) is 0.143. The van der Waals surface area contributed by atoms with Crippen LogP contribution in [0.1, 0.15) is 6.42 Å². The fourth-order valence-corrected chi connectivity index (χ4v) is 0.880. The molecular formula is C7H6Cl2. The summed E-state index contributed by atoms with van der Waals surface area (Å²) in [6.45, 7) is 0. The van der Waals surface area contributed by atoms with Crippen LogP contribution in [0, 0.1) is 0 Å². The summed E-state index contributed by atoms with van der Waals surface area (Å²) in [7, 11) is 0. The minimum Gasteiger partial charge on any atom is -0.0872 e. The fourth-order valence-electron chi connectivity index (χ4n) is 0.578. The van der Waals surface area contributed by atoms with E-state index in [1.165, 1.54) is 0 Å². The Morgan fingerprint density at radius 1 is 1.22 bits per heavy atom. The lowest BCUT2D eigenvalue weighted by Gasteiger charge is -1.90. The summed E-state index contributed by atoms with van der Waals surface area (Å²) in [6.07, 6.45) is 8.30. The van der Waals surface area contributed by atoms with Crippen LogP contribution in [0.15, 0.2) is 34.4 Å². The first-order chi connectivity index (χ1) is 4.30. The normalized spacial score (nSPS) is 18.4. The van der Waals surface area contributed by atoms with Crippen LogP contribution >= 0.6 is 23.2 Å². The highest BCUT2D eigenvalue weighted by Gasteiger charge is 1.96. The molecule has 1 aliphatic rings. The number of halogens is 2. The zero-order valence-electron chi connectivity index (χ0n) is 4.77. The molecule has 0 saturated carbocycles. The largest absolute Gasteiger partial charge is 0.0872 e. The Labute approximate surface area is 64.5 Å². The van der Waals surface area contributed by atoms with E-state index in [4.69, 9.17) is 23.2 Å². The van der Waals surface area contributed by atoms with E-state index in [-0.39, 0.29) is 0 Å². The van der Waals surface area contributed by atoms with Crippen LogP contribution in [0.25, 0.3) is 0 Å². The van der Waals surface area contributed by atoms with Crippen molar-refractivity contribution in [2.75, 3.05) is 0 Å². The molecule has 0 N–H and O–H groups in total. The summed E-state index contributed by atoms with van der Waals surface area (Å²) in [6, 6.07) is 0. The average Bonchev–Trinajstić information content (AvgIpc) is 1.99. The van der Waals surface area contributed by atoms with Crippen LogP contribution in [0.5, 0.6) is 0 Å². The van der Waals surface area contributed by atoms with Gasteiger partial charge < -0.3 is 0 Å². The molecule has 0 spiro atoms. The molecule has 0 saturated heterocycles. The average molecular weight is 161 g/mol. The zero-order valence-corrected chi connectivity index (χ0v) is 6.28. The summed E-state index contributed by atoms with van der Waals surface area (Å²) in [5.41, 5.74) is 0. The van der Waals surface area contributed by atoms with E-state index in [9.17, 15) is 0 Å². The molecule has 48 valence electrons. The van der Waals surface area contributed by atoms with Crippen molar-refractivity contribution < 1.29 is 0 Å². The second kappa shape index (κ2) is 3.09. The Bertz CT molecular complexity index is 187. The molecule has 0 aromatic heterocycles. The number of allylic oxidation sites excluding steroid dienone is 6. The first kappa shape index (κ1) is 6.91. The Morgan fingerprint density at radius 2 is 2.00 bits per heavy atom. The van der Waals surface area contributed by atoms with Crippen molar-refractivity contribution >= 4 is 23.2 Å². The molecule has 0 atom stereocenters. The summed E-state index contributed by atoms with van der Waals surface area (Å²) in [4.78, 5) is 0. The number of rotatable bonds is 0. The van der Waals surface area contributed by atoms with Gasteiger partial charge in [0.2, 0.25) is 0 Å². The summed E-state index contributed by atoms with van der Waals surface area (Å²) in [5, 5.41) is 1.35. The first-order valence-electron chi connectivity index (χ1n) is 2.68. The van der Waals surface area contributed by atoms with Crippen LogP contribution < -0.4 is 0 Å². The van der Waals surface area contributed by atoms with Gasteiger partial charge in [-0.25, -0.2) is 0 Å². The standard InChI is InChI=1S/C7H6Cl2/c8-6-4-2-1-3-5-7(6)9/h1-4H,5H2. The molecule has 0 aromatic rings. The Balaban J connectivity index is 2.85. The predicted octanol–water partition coefficient (Wildman–Crippen LogP) is 3.19. The van der Waals surface area contributed by atoms with E-state index in [0.717, 1.165) is 6.42 Å². The maximum Gasteiger partial charge on any atom is 0.0554 e. The predicted molar refractivity (Wildman–Crippen MR) is 41.6 cm³/mol. The van der Waals surface area contributed by atoms with Crippen LogP contribution in [0.4, 0.5) is 0 Å². The molecule has 0 amide bonds. The maximum atomic E-state index is 5.72. The summed E-state index contributed by atoms with van der Waals surface area (Å²) in [5.74, 6) is 0. The summed E-state index contributed by atoms with van der Waals surface area (Å²) < 4.78 is 0. The van der Waals surface area contributed by atoms with Gasteiger partial charge in [0.25, 0.3) is 0 Å².